The van der Waals surface area contributed by atoms with Crippen molar-refractivity contribution >= 4 is 11.9 Å². The van der Waals surface area contributed by atoms with E-state index in [0.29, 0.717) is 32.8 Å². The molecule has 2 N–H and O–H groups in total. The molecule has 9 nitrogen and oxygen atoms in total. The van der Waals surface area contributed by atoms with E-state index in [1.54, 1.807) is 7.11 Å². The van der Waals surface area contributed by atoms with E-state index in [0.717, 1.165) is 0 Å². The van der Waals surface area contributed by atoms with E-state index >= 15 is 0 Å². The number of carbonyl (C=O) groups is 2. The number of ether oxygens (including phenoxy) is 2. The second kappa shape index (κ2) is 8.99. The number of amides is 1. The van der Waals surface area contributed by atoms with Crippen LogP contribution < -0.4 is 5.32 Å². The van der Waals surface area contributed by atoms with Gasteiger partial charge in [0.25, 0.3) is 0 Å². The van der Waals surface area contributed by atoms with Crippen molar-refractivity contribution in [2.24, 2.45) is 0 Å². The summed E-state index contributed by atoms with van der Waals surface area (Å²) in [6, 6.07) is 0. The number of aromatic carboxylic acids is 1. The smallest absolute Gasteiger partial charge is 0.358 e. The highest BCUT2D eigenvalue weighted by Crippen LogP contribution is 1.92. The number of hydrogen-bond acceptors (Lipinski definition) is 6. The Morgan fingerprint density at radius 1 is 1.40 bits per heavy atom. The molecule has 1 amide bonds. The van der Waals surface area contributed by atoms with Crippen LogP contribution in [0.4, 0.5) is 0 Å². The van der Waals surface area contributed by atoms with Gasteiger partial charge in [0.1, 0.15) is 6.54 Å². The third-order valence-electron chi connectivity index (χ3n) is 2.28. The van der Waals surface area contributed by atoms with Crippen LogP contribution in [0.2, 0.25) is 0 Å². The predicted molar refractivity (Wildman–Crippen MR) is 67.3 cm³/mol. The number of methoxy groups -OCH3 is 1. The average Bonchev–Trinajstić information content (AvgIpc) is 2.86. The lowest BCUT2D eigenvalue weighted by Gasteiger charge is -2.05. The van der Waals surface area contributed by atoms with Crippen LogP contribution in [0.1, 0.15) is 16.9 Å². The number of carbonyl (C=O) groups excluding carboxylic acids is 1. The summed E-state index contributed by atoms with van der Waals surface area (Å²) in [5.41, 5.74) is -0.190. The minimum absolute atomic E-state index is 0.0647. The predicted octanol–water partition coefficient (Wildman–Crippen LogP) is -0.854. The monoisotopic (exact) mass is 286 g/mol. The van der Waals surface area contributed by atoms with E-state index in [2.05, 4.69) is 15.6 Å². The van der Waals surface area contributed by atoms with Crippen LogP contribution in [-0.2, 0) is 20.8 Å². The quantitative estimate of drug-likeness (QED) is 0.538. The van der Waals surface area contributed by atoms with E-state index in [9.17, 15) is 9.59 Å². The second-order valence-corrected chi connectivity index (χ2v) is 3.92. The first-order valence-electron chi connectivity index (χ1n) is 6.10. The third kappa shape index (κ3) is 6.25. The summed E-state index contributed by atoms with van der Waals surface area (Å²) in [6.07, 6.45) is 1.89. The van der Waals surface area contributed by atoms with E-state index in [1.807, 2.05) is 0 Å². The maximum Gasteiger partial charge on any atom is 0.358 e. The van der Waals surface area contributed by atoms with Crippen LogP contribution in [-0.4, -0.2) is 65.5 Å². The summed E-state index contributed by atoms with van der Waals surface area (Å²) in [4.78, 5) is 22.1. The summed E-state index contributed by atoms with van der Waals surface area (Å²) in [5.74, 6) is -1.44. The van der Waals surface area contributed by atoms with Crippen molar-refractivity contribution in [3.63, 3.8) is 0 Å². The molecule has 0 fully saturated rings. The van der Waals surface area contributed by atoms with Gasteiger partial charge < -0.3 is 19.9 Å². The van der Waals surface area contributed by atoms with Crippen molar-refractivity contribution in [3.05, 3.63) is 11.9 Å². The molecule has 0 aliphatic heterocycles. The number of hydrogen-bond donors (Lipinski definition) is 2. The zero-order valence-electron chi connectivity index (χ0n) is 11.2. The maximum absolute atomic E-state index is 11.5. The van der Waals surface area contributed by atoms with Gasteiger partial charge in [-0.15, -0.1) is 5.10 Å². The van der Waals surface area contributed by atoms with E-state index < -0.39 is 5.97 Å². The van der Waals surface area contributed by atoms with Gasteiger partial charge in [-0.05, 0) is 6.42 Å². The summed E-state index contributed by atoms with van der Waals surface area (Å²) < 4.78 is 11.2. The molecule has 0 bridgehead atoms. The van der Waals surface area contributed by atoms with Gasteiger partial charge in [-0.1, -0.05) is 5.21 Å². The fourth-order valence-electron chi connectivity index (χ4n) is 1.32. The second-order valence-electron chi connectivity index (χ2n) is 3.92. The Kier molecular flexibility index (Phi) is 7.22. The first-order valence-corrected chi connectivity index (χ1v) is 6.10. The number of carboxylic acids is 1. The molecule has 112 valence electrons. The summed E-state index contributed by atoms with van der Waals surface area (Å²) in [6.45, 7) is 2.03. The van der Waals surface area contributed by atoms with Gasteiger partial charge in [0.05, 0.1) is 19.4 Å². The summed E-state index contributed by atoms with van der Waals surface area (Å²) >= 11 is 0. The summed E-state index contributed by atoms with van der Waals surface area (Å²) in [5, 5.41) is 18.3. The minimum atomic E-state index is -1.18. The minimum Gasteiger partial charge on any atom is -0.476 e. The first-order chi connectivity index (χ1) is 9.63. The largest absolute Gasteiger partial charge is 0.476 e. The zero-order valence-corrected chi connectivity index (χ0v) is 11.2. The lowest BCUT2D eigenvalue weighted by molar-refractivity contribution is -0.121. The highest BCUT2D eigenvalue weighted by Gasteiger charge is 2.10. The van der Waals surface area contributed by atoms with Gasteiger partial charge in [0.15, 0.2) is 5.69 Å². The van der Waals surface area contributed by atoms with E-state index in [1.165, 1.54) is 10.9 Å². The van der Waals surface area contributed by atoms with Gasteiger partial charge in [-0.3, -0.25) is 4.79 Å². The molecule has 0 radical (unpaired) electrons. The Labute approximate surface area is 115 Å². The molecule has 0 unspecified atom stereocenters. The SMILES string of the molecule is COCCOCCCNC(=O)Cn1cc(C(=O)O)nn1. The first kappa shape index (κ1) is 16.1. The molecule has 0 saturated carbocycles. The van der Waals surface area contributed by atoms with E-state index in [-0.39, 0.29) is 18.1 Å². The van der Waals surface area contributed by atoms with Crippen LogP contribution in [0.15, 0.2) is 6.20 Å². The van der Waals surface area contributed by atoms with Crippen LogP contribution in [0, 0.1) is 0 Å². The molecule has 1 rings (SSSR count). The van der Waals surface area contributed by atoms with E-state index in [4.69, 9.17) is 14.6 Å². The number of carboxylic acid groups (broad SMARTS) is 1. The van der Waals surface area contributed by atoms with Crippen molar-refractivity contribution in [2.45, 2.75) is 13.0 Å². The number of nitrogens with zero attached hydrogens (tertiary/aromatic N) is 3. The fourth-order valence-corrected chi connectivity index (χ4v) is 1.32. The van der Waals surface area contributed by atoms with Crippen LogP contribution in [0.5, 0.6) is 0 Å². The molecule has 1 aromatic heterocycles. The number of aromatic nitrogens is 3. The Morgan fingerprint density at radius 3 is 2.85 bits per heavy atom. The highest BCUT2D eigenvalue weighted by molar-refractivity contribution is 5.84. The molecule has 0 saturated heterocycles. The molecule has 1 heterocycles. The van der Waals surface area contributed by atoms with Crippen molar-refractivity contribution in [1.82, 2.24) is 20.3 Å². The molecule has 0 aromatic carbocycles. The molecule has 1 aromatic rings. The van der Waals surface area contributed by atoms with Gasteiger partial charge in [0.2, 0.25) is 5.91 Å². The average molecular weight is 286 g/mol. The number of rotatable bonds is 10. The van der Waals surface area contributed by atoms with Crippen molar-refractivity contribution < 1.29 is 24.2 Å². The molecule has 20 heavy (non-hydrogen) atoms. The van der Waals surface area contributed by atoms with Crippen LogP contribution in [0.3, 0.4) is 0 Å². The van der Waals surface area contributed by atoms with Gasteiger partial charge in [0, 0.05) is 20.3 Å². The van der Waals surface area contributed by atoms with Gasteiger partial charge in [-0.25, -0.2) is 9.48 Å². The molecular weight excluding hydrogens is 268 g/mol. The van der Waals surface area contributed by atoms with Crippen molar-refractivity contribution in [3.8, 4) is 0 Å². The molecule has 0 aliphatic carbocycles. The van der Waals surface area contributed by atoms with Crippen LogP contribution in [0.25, 0.3) is 0 Å². The normalized spacial score (nSPS) is 10.4. The molecular formula is C11H18N4O5. The summed E-state index contributed by atoms with van der Waals surface area (Å²) in [7, 11) is 1.60. The number of nitrogens with one attached hydrogen (secondary N) is 1. The van der Waals surface area contributed by atoms with Gasteiger partial charge in [-0.2, -0.15) is 0 Å². The van der Waals surface area contributed by atoms with Crippen molar-refractivity contribution in [2.75, 3.05) is 33.5 Å². The topological polar surface area (TPSA) is 116 Å². The third-order valence-corrected chi connectivity index (χ3v) is 2.28. The molecule has 0 atom stereocenters. The highest BCUT2D eigenvalue weighted by atomic mass is 16.5. The zero-order chi connectivity index (χ0) is 14.8. The lowest BCUT2D eigenvalue weighted by Crippen LogP contribution is -2.29. The molecule has 0 aliphatic rings. The Balaban J connectivity index is 2.12. The Bertz CT molecular complexity index is 434. The lowest BCUT2D eigenvalue weighted by atomic mass is 10.4. The van der Waals surface area contributed by atoms with Crippen LogP contribution >= 0.6 is 0 Å². The van der Waals surface area contributed by atoms with Crippen molar-refractivity contribution in [1.29, 1.82) is 0 Å². The molecule has 9 heteroatoms. The van der Waals surface area contributed by atoms with Gasteiger partial charge >= 0.3 is 5.97 Å². The Hall–Kier alpha value is -2.00. The standard InChI is InChI=1S/C11H18N4O5/c1-19-5-6-20-4-2-3-12-10(16)8-15-7-9(11(17)18)13-14-15/h7H,2-6,8H2,1H3,(H,12,16)(H,17,18). The Morgan fingerprint density at radius 2 is 2.20 bits per heavy atom. The molecule has 0 spiro atoms. The fraction of sp³-hybridized carbons (Fsp3) is 0.636. The maximum atomic E-state index is 11.5.